The zero-order chi connectivity index (χ0) is 30.6. The molecule has 0 unspecified atom stereocenters. The molecule has 0 aliphatic carbocycles. The van der Waals surface area contributed by atoms with Crippen LogP contribution in [0.15, 0.2) is 61.1 Å². The minimum atomic E-state index is -1.34. The molecule has 0 amide bonds. The monoisotopic (exact) mass is 601 g/mol. The molecule has 44 heavy (non-hydrogen) atoms. The first-order valence-electron chi connectivity index (χ1n) is 14.5. The summed E-state index contributed by atoms with van der Waals surface area (Å²) in [5.41, 5.74) is 2.78. The number of aliphatic hydroxyl groups excluding tert-OH is 3. The van der Waals surface area contributed by atoms with Crippen molar-refractivity contribution in [1.82, 2.24) is 44.7 Å². The molecule has 1 fully saturated rings. The summed E-state index contributed by atoms with van der Waals surface area (Å²) in [7, 11) is 0. The van der Waals surface area contributed by atoms with E-state index < -0.39 is 24.5 Å². The first-order valence-corrected chi connectivity index (χ1v) is 14.5. The highest BCUT2D eigenvalue weighted by Gasteiger charge is 2.47. The number of fused-ring (bicyclic) bond motifs is 1. The average molecular weight is 602 g/mol. The Morgan fingerprint density at radius 1 is 1.00 bits per heavy atom. The highest BCUT2D eigenvalue weighted by Crippen LogP contribution is 2.39. The molecule has 230 valence electrons. The van der Waals surface area contributed by atoms with Crippen molar-refractivity contribution in [2.24, 2.45) is 0 Å². The van der Waals surface area contributed by atoms with Crippen molar-refractivity contribution in [2.45, 2.75) is 57.3 Å². The molecule has 5 aromatic rings. The summed E-state index contributed by atoms with van der Waals surface area (Å²) in [5.74, 6) is 0.879. The molecule has 1 aliphatic heterocycles. The number of hydrogen-bond donors (Lipinski definition) is 4. The van der Waals surface area contributed by atoms with Crippen molar-refractivity contribution < 1.29 is 20.1 Å². The highest BCUT2D eigenvalue weighted by atomic mass is 16.6. The number of pyridine rings is 1. The van der Waals surface area contributed by atoms with Crippen LogP contribution in [0.5, 0.6) is 0 Å². The Morgan fingerprint density at radius 3 is 2.55 bits per heavy atom. The number of nitrogens with zero attached hydrogens (tertiary/aromatic N) is 10. The lowest BCUT2D eigenvalue weighted by Gasteiger charge is -2.22. The summed E-state index contributed by atoms with van der Waals surface area (Å²) >= 11 is 0. The number of tetrazole rings is 1. The number of imidazole rings is 1. The Morgan fingerprint density at radius 2 is 1.82 bits per heavy atom. The van der Waals surface area contributed by atoms with Gasteiger partial charge in [0.2, 0.25) is 11.8 Å². The van der Waals surface area contributed by atoms with E-state index in [9.17, 15) is 15.3 Å². The number of aliphatic hydroxyl groups is 3. The normalized spacial score (nSPS) is 20.0. The predicted molar refractivity (Wildman–Crippen MR) is 159 cm³/mol. The fourth-order valence-electron chi connectivity index (χ4n) is 5.06. The smallest absolute Gasteiger partial charge is 0.226 e. The second-order valence-electron chi connectivity index (χ2n) is 10.8. The molecule has 5 heterocycles. The molecule has 0 saturated carbocycles. The van der Waals surface area contributed by atoms with E-state index >= 15 is 0 Å². The lowest BCUT2D eigenvalue weighted by Crippen LogP contribution is -2.30. The summed E-state index contributed by atoms with van der Waals surface area (Å²) in [4.78, 5) is 21.5. The van der Waals surface area contributed by atoms with Crippen LogP contribution in [0.2, 0.25) is 0 Å². The van der Waals surface area contributed by atoms with Crippen molar-refractivity contribution in [3.63, 3.8) is 0 Å². The predicted octanol–water partition coefficient (Wildman–Crippen LogP) is 1.43. The molecule has 15 heteroatoms. The molecular weight excluding hydrogens is 566 g/mol. The number of hydrogen-bond acceptors (Lipinski definition) is 13. The molecule has 1 aliphatic rings. The molecule has 4 atom stereocenters. The Balaban J connectivity index is 1.32. The maximum Gasteiger partial charge on any atom is 0.226 e. The number of rotatable bonds is 12. The average Bonchev–Trinajstić information content (AvgIpc) is 3.77. The Bertz CT molecular complexity index is 1660. The number of benzene rings is 1. The summed E-state index contributed by atoms with van der Waals surface area (Å²) in [6.45, 7) is 4.47. The number of nitrogens with one attached hydrogen (secondary N) is 1. The summed E-state index contributed by atoms with van der Waals surface area (Å²) in [6.07, 6.45) is -0.203. The van der Waals surface area contributed by atoms with Crippen LogP contribution >= 0.6 is 0 Å². The second kappa shape index (κ2) is 13.0. The van der Waals surface area contributed by atoms with E-state index in [1.807, 2.05) is 62.4 Å². The second-order valence-corrected chi connectivity index (χ2v) is 10.8. The van der Waals surface area contributed by atoms with Gasteiger partial charge in [-0.1, -0.05) is 36.4 Å². The molecule has 0 bridgehead atoms. The van der Waals surface area contributed by atoms with Crippen molar-refractivity contribution in [2.75, 3.05) is 30.0 Å². The van der Waals surface area contributed by atoms with Crippen LogP contribution in [0.25, 0.3) is 11.2 Å². The molecule has 6 rings (SSSR count). The third kappa shape index (κ3) is 6.07. The fraction of sp³-hybridized carbons (Fsp3) is 0.414. The van der Waals surface area contributed by atoms with Crippen molar-refractivity contribution in [3.05, 3.63) is 78.1 Å². The largest absolute Gasteiger partial charge is 0.387 e. The standard InChI is InChI=1S/C29H35N11O4/c1-18(2)40-36-25(35-37-40)24-22(42)23(43)28(44-24)39-16-32-21-26(38(17-41)15-12-19-8-4-3-5-9-19)33-29(34-27(21)39)31-14-11-20-10-6-7-13-30-20/h3-10,13,16,18,22-24,28,41-43H,11-12,14-15,17H2,1-2H3,(H,31,33,34)/t22-,23+,24-,28+/m0/s1. The molecular formula is C29H35N11O4. The van der Waals surface area contributed by atoms with Crippen LogP contribution < -0.4 is 10.2 Å². The van der Waals surface area contributed by atoms with E-state index in [0.717, 1.165) is 11.3 Å². The minimum absolute atomic E-state index is 0.0387. The summed E-state index contributed by atoms with van der Waals surface area (Å²) in [6, 6.07) is 15.7. The SMILES string of the molecule is CC(C)n1nnc([C@H]2O[C@@H](n3cnc4c(N(CO)CCc5ccccc5)nc(NCCc5ccccn5)nc43)[C@H](O)[C@@H]2O)n1. The van der Waals surface area contributed by atoms with Crippen molar-refractivity contribution in [1.29, 1.82) is 0 Å². The van der Waals surface area contributed by atoms with Gasteiger partial charge in [0.25, 0.3) is 0 Å². The summed E-state index contributed by atoms with van der Waals surface area (Å²) in [5, 5.41) is 48.1. The van der Waals surface area contributed by atoms with Gasteiger partial charge in [0.05, 0.1) is 12.4 Å². The van der Waals surface area contributed by atoms with Gasteiger partial charge in [0, 0.05) is 31.4 Å². The first-order chi connectivity index (χ1) is 21.4. The molecule has 0 radical (unpaired) electrons. The molecule has 0 spiro atoms. The zero-order valence-corrected chi connectivity index (χ0v) is 24.4. The molecule has 1 saturated heterocycles. The van der Waals surface area contributed by atoms with Gasteiger partial charge in [0.1, 0.15) is 18.9 Å². The number of ether oxygens (including phenoxy) is 1. The topological polar surface area (TPSA) is 185 Å². The minimum Gasteiger partial charge on any atom is -0.387 e. The van der Waals surface area contributed by atoms with Crippen molar-refractivity contribution in [3.8, 4) is 0 Å². The lowest BCUT2D eigenvalue weighted by atomic mass is 10.1. The first kappa shape index (κ1) is 29.5. The van der Waals surface area contributed by atoms with Gasteiger partial charge < -0.3 is 30.3 Å². The van der Waals surface area contributed by atoms with E-state index in [2.05, 4.69) is 30.7 Å². The lowest BCUT2D eigenvalue weighted by molar-refractivity contribution is -0.0384. The van der Waals surface area contributed by atoms with E-state index in [1.165, 1.54) is 11.1 Å². The van der Waals surface area contributed by atoms with Gasteiger partial charge in [-0.15, -0.1) is 10.2 Å². The fourth-order valence-corrected chi connectivity index (χ4v) is 5.06. The van der Waals surface area contributed by atoms with E-state index in [4.69, 9.17) is 14.7 Å². The van der Waals surface area contributed by atoms with Crippen LogP contribution in [0.1, 0.15) is 49.3 Å². The van der Waals surface area contributed by atoms with Crippen LogP contribution in [0, 0.1) is 0 Å². The Kier molecular flexibility index (Phi) is 8.70. The van der Waals surface area contributed by atoms with Crippen molar-refractivity contribution >= 4 is 22.9 Å². The summed E-state index contributed by atoms with van der Waals surface area (Å²) < 4.78 is 7.67. The maximum atomic E-state index is 11.1. The Labute approximate surface area is 253 Å². The van der Waals surface area contributed by atoms with Gasteiger partial charge in [-0.2, -0.15) is 14.8 Å². The van der Waals surface area contributed by atoms with Crippen LogP contribution in [0.3, 0.4) is 0 Å². The maximum absolute atomic E-state index is 11.1. The highest BCUT2D eigenvalue weighted by molar-refractivity contribution is 5.85. The van der Waals surface area contributed by atoms with E-state index in [0.29, 0.717) is 48.9 Å². The van der Waals surface area contributed by atoms with Crippen LogP contribution in [-0.2, 0) is 17.6 Å². The molecule has 1 aromatic carbocycles. The van der Waals surface area contributed by atoms with Gasteiger partial charge in [0.15, 0.2) is 29.3 Å². The third-order valence-corrected chi connectivity index (χ3v) is 7.45. The van der Waals surface area contributed by atoms with Gasteiger partial charge in [-0.3, -0.25) is 9.55 Å². The van der Waals surface area contributed by atoms with Gasteiger partial charge in [-0.25, -0.2) is 4.98 Å². The zero-order valence-electron chi connectivity index (χ0n) is 24.4. The molecule has 4 aromatic heterocycles. The van der Waals surface area contributed by atoms with Crippen LogP contribution in [-0.4, -0.2) is 92.1 Å². The third-order valence-electron chi connectivity index (χ3n) is 7.45. The van der Waals surface area contributed by atoms with Gasteiger partial charge in [-0.05, 0) is 43.2 Å². The number of aromatic nitrogens is 9. The van der Waals surface area contributed by atoms with Gasteiger partial charge >= 0.3 is 0 Å². The Hall–Kier alpha value is -4.57. The van der Waals surface area contributed by atoms with Crippen LogP contribution in [0.4, 0.5) is 11.8 Å². The quantitative estimate of drug-likeness (QED) is 0.151. The number of anilines is 2. The molecule has 4 N–H and O–H groups in total. The van der Waals surface area contributed by atoms with E-state index in [-0.39, 0.29) is 18.6 Å². The molecule has 15 nitrogen and oxygen atoms in total. The van der Waals surface area contributed by atoms with E-state index in [1.54, 1.807) is 15.7 Å².